The standard InChI is InChI=1S/C7H9NOS/c1-10-9-6-7-2-4-8-5-3-7/h2-5H,6H2,1H3. The molecule has 0 spiro atoms. The molecule has 0 bridgehead atoms. The van der Waals surface area contributed by atoms with Gasteiger partial charge in [0.25, 0.3) is 0 Å². The Hall–Kier alpha value is -0.540. The van der Waals surface area contributed by atoms with Gasteiger partial charge in [-0.15, -0.1) is 0 Å². The fourth-order valence-corrected chi connectivity index (χ4v) is 0.860. The van der Waals surface area contributed by atoms with Crippen LogP contribution in [0, 0.1) is 0 Å². The van der Waals surface area contributed by atoms with Gasteiger partial charge in [-0.05, 0) is 29.7 Å². The molecular weight excluding hydrogens is 146 g/mol. The first-order chi connectivity index (χ1) is 4.93. The van der Waals surface area contributed by atoms with Crippen molar-refractivity contribution in [2.45, 2.75) is 6.61 Å². The second-order valence-corrected chi connectivity index (χ2v) is 2.35. The minimum atomic E-state index is 0.656. The van der Waals surface area contributed by atoms with Crippen molar-refractivity contribution in [3.05, 3.63) is 30.1 Å². The predicted molar refractivity (Wildman–Crippen MR) is 42.5 cm³/mol. The molecule has 0 aliphatic rings. The van der Waals surface area contributed by atoms with Crippen LogP contribution in [0.3, 0.4) is 0 Å². The van der Waals surface area contributed by atoms with Gasteiger partial charge in [-0.25, -0.2) is 0 Å². The molecular formula is C7H9NOS. The van der Waals surface area contributed by atoms with E-state index in [0.29, 0.717) is 6.61 Å². The molecule has 0 fully saturated rings. The number of nitrogens with zero attached hydrogens (tertiary/aromatic N) is 1. The third-order valence-corrected chi connectivity index (χ3v) is 1.45. The van der Waals surface area contributed by atoms with Gasteiger partial charge < -0.3 is 4.18 Å². The van der Waals surface area contributed by atoms with Gasteiger partial charge in [0.1, 0.15) is 0 Å². The monoisotopic (exact) mass is 155 g/mol. The highest BCUT2D eigenvalue weighted by molar-refractivity contribution is 7.93. The van der Waals surface area contributed by atoms with Crippen molar-refractivity contribution in [1.29, 1.82) is 0 Å². The first-order valence-corrected chi connectivity index (χ1v) is 4.13. The van der Waals surface area contributed by atoms with E-state index in [1.165, 1.54) is 12.0 Å². The van der Waals surface area contributed by atoms with Crippen LogP contribution in [0.25, 0.3) is 0 Å². The van der Waals surface area contributed by atoms with Gasteiger partial charge in [0, 0.05) is 18.6 Å². The maximum atomic E-state index is 5.11. The van der Waals surface area contributed by atoms with E-state index in [9.17, 15) is 0 Å². The lowest BCUT2D eigenvalue weighted by Gasteiger charge is -1.97. The molecule has 0 aliphatic carbocycles. The van der Waals surface area contributed by atoms with Gasteiger partial charge in [-0.2, -0.15) is 0 Å². The van der Waals surface area contributed by atoms with E-state index in [0.717, 1.165) is 5.56 Å². The summed E-state index contributed by atoms with van der Waals surface area (Å²) in [4.78, 5) is 3.89. The van der Waals surface area contributed by atoms with E-state index in [1.807, 2.05) is 18.4 Å². The molecule has 54 valence electrons. The Morgan fingerprint density at radius 2 is 2.20 bits per heavy atom. The lowest BCUT2D eigenvalue weighted by atomic mass is 10.3. The number of aromatic nitrogens is 1. The molecule has 10 heavy (non-hydrogen) atoms. The molecule has 1 aromatic rings. The third-order valence-electron chi connectivity index (χ3n) is 1.09. The molecule has 0 saturated heterocycles. The highest BCUT2D eigenvalue weighted by atomic mass is 32.2. The summed E-state index contributed by atoms with van der Waals surface area (Å²) in [5.41, 5.74) is 1.16. The van der Waals surface area contributed by atoms with E-state index in [1.54, 1.807) is 12.4 Å². The van der Waals surface area contributed by atoms with Crippen molar-refractivity contribution in [3.8, 4) is 0 Å². The van der Waals surface area contributed by atoms with Crippen LogP contribution < -0.4 is 0 Å². The molecule has 0 atom stereocenters. The normalized spacial score (nSPS) is 9.70. The van der Waals surface area contributed by atoms with Crippen molar-refractivity contribution in [1.82, 2.24) is 4.98 Å². The van der Waals surface area contributed by atoms with Crippen LogP contribution in [-0.4, -0.2) is 11.2 Å². The molecule has 1 rings (SSSR count). The summed E-state index contributed by atoms with van der Waals surface area (Å²) in [5, 5.41) is 0. The maximum absolute atomic E-state index is 5.11. The molecule has 0 amide bonds. The Morgan fingerprint density at radius 1 is 1.50 bits per heavy atom. The van der Waals surface area contributed by atoms with Crippen LogP contribution in [-0.2, 0) is 10.8 Å². The fraction of sp³-hybridized carbons (Fsp3) is 0.286. The number of hydrogen-bond acceptors (Lipinski definition) is 3. The second kappa shape index (κ2) is 4.30. The first kappa shape index (κ1) is 7.57. The van der Waals surface area contributed by atoms with Crippen molar-refractivity contribution >= 4 is 12.0 Å². The fourth-order valence-electron chi connectivity index (χ4n) is 0.606. The highest BCUT2D eigenvalue weighted by Crippen LogP contribution is 2.03. The molecule has 0 unspecified atom stereocenters. The minimum Gasteiger partial charge on any atom is -0.311 e. The van der Waals surface area contributed by atoms with Crippen LogP contribution in [0.1, 0.15) is 5.56 Å². The van der Waals surface area contributed by atoms with Gasteiger partial charge in [0.15, 0.2) is 0 Å². The van der Waals surface area contributed by atoms with E-state index >= 15 is 0 Å². The van der Waals surface area contributed by atoms with Gasteiger partial charge in [-0.3, -0.25) is 4.98 Å². The second-order valence-electron chi connectivity index (χ2n) is 1.78. The highest BCUT2D eigenvalue weighted by Gasteiger charge is 1.88. The van der Waals surface area contributed by atoms with Crippen molar-refractivity contribution in [3.63, 3.8) is 0 Å². The number of hydrogen-bond donors (Lipinski definition) is 0. The van der Waals surface area contributed by atoms with Crippen LogP contribution in [0.2, 0.25) is 0 Å². The number of pyridine rings is 1. The summed E-state index contributed by atoms with van der Waals surface area (Å²) in [6, 6.07) is 3.88. The Balaban J connectivity index is 2.43. The summed E-state index contributed by atoms with van der Waals surface area (Å²) in [5.74, 6) is 0. The zero-order valence-corrected chi connectivity index (χ0v) is 6.60. The smallest absolute Gasteiger partial charge is 0.0865 e. The molecule has 1 aromatic heterocycles. The topological polar surface area (TPSA) is 22.1 Å². The Labute approximate surface area is 64.8 Å². The molecule has 2 nitrogen and oxygen atoms in total. The number of rotatable bonds is 3. The quantitative estimate of drug-likeness (QED) is 0.622. The lowest BCUT2D eigenvalue weighted by molar-refractivity contribution is 0.366. The largest absolute Gasteiger partial charge is 0.311 e. The summed E-state index contributed by atoms with van der Waals surface area (Å²) in [6.07, 6.45) is 5.43. The minimum absolute atomic E-state index is 0.656. The zero-order valence-electron chi connectivity index (χ0n) is 5.78. The molecule has 3 heteroatoms. The van der Waals surface area contributed by atoms with E-state index < -0.39 is 0 Å². The summed E-state index contributed by atoms with van der Waals surface area (Å²) < 4.78 is 5.11. The van der Waals surface area contributed by atoms with Crippen molar-refractivity contribution < 1.29 is 4.18 Å². The van der Waals surface area contributed by atoms with Gasteiger partial charge in [0.05, 0.1) is 6.61 Å². The van der Waals surface area contributed by atoms with E-state index in [-0.39, 0.29) is 0 Å². The van der Waals surface area contributed by atoms with E-state index in [4.69, 9.17) is 4.18 Å². The Morgan fingerprint density at radius 3 is 2.80 bits per heavy atom. The van der Waals surface area contributed by atoms with E-state index in [2.05, 4.69) is 4.98 Å². The molecule has 0 aliphatic heterocycles. The maximum Gasteiger partial charge on any atom is 0.0865 e. The predicted octanol–water partition coefficient (Wildman–Crippen LogP) is 1.88. The average Bonchev–Trinajstić information content (AvgIpc) is 2.03. The van der Waals surface area contributed by atoms with Crippen LogP contribution in [0.15, 0.2) is 24.5 Å². The van der Waals surface area contributed by atoms with Crippen LogP contribution >= 0.6 is 12.0 Å². The van der Waals surface area contributed by atoms with Gasteiger partial charge in [0.2, 0.25) is 0 Å². The summed E-state index contributed by atoms with van der Waals surface area (Å²) in [6.45, 7) is 0.656. The zero-order chi connectivity index (χ0) is 7.23. The molecule has 1 heterocycles. The molecule has 0 saturated carbocycles. The lowest BCUT2D eigenvalue weighted by Crippen LogP contribution is -1.84. The Kier molecular flexibility index (Phi) is 3.26. The SMILES string of the molecule is CSOCc1ccncc1. The summed E-state index contributed by atoms with van der Waals surface area (Å²) in [7, 11) is 0. The summed E-state index contributed by atoms with van der Waals surface area (Å²) >= 11 is 1.38. The molecule has 0 N–H and O–H groups in total. The molecule has 0 radical (unpaired) electrons. The third kappa shape index (κ3) is 2.37. The first-order valence-electron chi connectivity index (χ1n) is 2.98. The Bertz CT molecular complexity index is 178. The van der Waals surface area contributed by atoms with Crippen LogP contribution in [0.5, 0.6) is 0 Å². The van der Waals surface area contributed by atoms with Crippen molar-refractivity contribution in [2.24, 2.45) is 0 Å². The molecule has 0 aromatic carbocycles. The average molecular weight is 155 g/mol. The van der Waals surface area contributed by atoms with Crippen LogP contribution in [0.4, 0.5) is 0 Å². The van der Waals surface area contributed by atoms with Gasteiger partial charge in [-0.1, -0.05) is 0 Å². The van der Waals surface area contributed by atoms with Crippen molar-refractivity contribution in [2.75, 3.05) is 6.26 Å². The van der Waals surface area contributed by atoms with Gasteiger partial charge >= 0.3 is 0 Å².